The number of rotatable bonds is 5. The van der Waals surface area contributed by atoms with Crippen LogP contribution in [0.3, 0.4) is 0 Å². The zero-order valence-electron chi connectivity index (χ0n) is 15.7. The second-order valence-corrected chi connectivity index (χ2v) is 9.87. The lowest BCUT2D eigenvalue weighted by Crippen LogP contribution is -2.47. The van der Waals surface area contributed by atoms with Gasteiger partial charge in [-0.05, 0) is 31.0 Å². The van der Waals surface area contributed by atoms with Gasteiger partial charge in [0.05, 0.1) is 9.82 Å². The molecule has 3 rings (SSSR count). The van der Waals surface area contributed by atoms with Crippen LogP contribution in [0.5, 0.6) is 0 Å². The topological polar surface area (TPSA) is 87.0 Å². The Hall–Kier alpha value is -1.71. The zero-order chi connectivity index (χ0) is 19.3. The van der Waals surface area contributed by atoms with Gasteiger partial charge >= 0.3 is 0 Å². The van der Waals surface area contributed by atoms with Crippen molar-refractivity contribution in [3.05, 3.63) is 28.3 Å². The molecule has 8 nitrogen and oxygen atoms in total. The molecule has 1 saturated heterocycles. The van der Waals surface area contributed by atoms with E-state index in [9.17, 15) is 18.5 Å². The van der Waals surface area contributed by atoms with Gasteiger partial charge in [0.2, 0.25) is 10.0 Å². The monoisotopic (exact) mass is 382 g/mol. The van der Waals surface area contributed by atoms with Crippen molar-refractivity contribution in [2.45, 2.75) is 31.2 Å². The summed E-state index contributed by atoms with van der Waals surface area (Å²) in [6.07, 6.45) is 0.960. The smallest absolute Gasteiger partial charge is 0.293 e. The minimum absolute atomic E-state index is 0.0130. The zero-order valence-corrected chi connectivity index (χ0v) is 16.5. The number of nitro benzene ring substituents is 1. The maximum atomic E-state index is 12.9. The van der Waals surface area contributed by atoms with Crippen molar-refractivity contribution in [1.82, 2.24) is 9.21 Å². The second kappa shape index (κ2) is 6.47. The largest absolute Gasteiger partial charge is 0.366 e. The van der Waals surface area contributed by atoms with Crippen molar-refractivity contribution in [3.8, 4) is 0 Å². The van der Waals surface area contributed by atoms with E-state index in [4.69, 9.17) is 0 Å². The molecule has 1 aliphatic heterocycles. The molecular formula is C17H26N4O4S. The highest BCUT2D eigenvalue weighted by molar-refractivity contribution is 7.89. The van der Waals surface area contributed by atoms with Crippen molar-refractivity contribution in [3.63, 3.8) is 0 Å². The van der Waals surface area contributed by atoms with Gasteiger partial charge in [-0.3, -0.25) is 10.1 Å². The summed E-state index contributed by atoms with van der Waals surface area (Å²) in [5.41, 5.74) is 0.418. The van der Waals surface area contributed by atoms with E-state index >= 15 is 0 Å². The van der Waals surface area contributed by atoms with Crippen LogP contribution in [0.4, 0.5) is 11.4 Å². The SMILES string of the molecule is CN1CCN(S(=O)(=O)c2ccc(N(C)[C@H]3CC3(C)C)c([N+](=O)[O-])c2)CC1. The van der Waals surface area contributed by atoms with E-state index in [0.29, 0.717) is 31.9 Å². The van der Waals surface area contributed by atoms with Gasteiger partial charge in [-0.25, -0.2) is 8.42 Å². The summed E-state index contributed by atoms with van der Waals surface area (Å²) in [5.74, 6) is 0. The normalized spacial score (nSPS) is 23.6. The first-order valence-electron chi connectivity index (χ1n) is 8.74. The minimum atomic E-state index is -3.73. The standard InChI is InChI=1S/C17H26N4O4S/c1-17(2)12-16(17)19(4)14-6-5-13(11-15(14)21(22)23)26(24,25)20-9-7-18(3)8-10-20/h5-6,11,16H,7-10,12H2,1-4H3/t16-/m0/s1. The Morgan fingerprint density at radius 1 is 1.23 bits per heavy atom. The highest BCUT2D eigenvalue weighted by Crippen LogP contribution is 2.50. The van der Waals surface area contributed by atoms with Crippen LogP contribution in [0.2, 0.25) is 0 Å². The molecule has 2 aliphatic rings. The molecule has 144 valence electrons. The lowest BCUT2D eigenvalue weighted by molar-refractivity contribution is -0.384. The molecule has 0 spiro atoms. The molecule has 1 aromatic carbocycles. The van der Waals surface area contributed by atoms with E-state index in [-0.39, 0.29) is 22.0 Å². The average molecular weight is 382 g/mol. The molecule has 1 heterocycles. The van der Waals surface area contributed by atoms with Crippen LogP contribution in [0.1, 0.15) is 20.3 Å². The maximum absolute atomic E-state index is 12.9. The van der Waals surface area contributed by atoms with Crippen molar-refractivity contribution in [2.75, 3.05) is 45.2 Å². The van der Waals surface area contributed by atoms with Crippen LogP contribution >= 0.6 is 0 Å². The molecule has 26 heavy (non-hydrogen) atoms. The number of hydrogen-bond acceptors (Lipinski definition) is 6. The first-order valence-corrected chi connectivity index (χ1v) is 10.2. The number of benzene rings is 1. The van der Waals surface area contributed by atoms with Crippen LogP contribution in [0.15, 0.2) is 23.1 Å². The molecule has 1 aliphatic carbocycles. The lowest BCUT2D eigenvalue weighted by Gasteiger charge is -2.31. The predicted octanol–water partition coefficient (Wildman–Crippen LogP) is 1.77. The Kier molecular flexibility index (Phi) is 4.74. The molecule has 0 N–H and O–H groups in total. The molecule has 2 fully saturated rings. The van der Waals surface area contributed by atoms with Crippen LogP contribution in [0, 0.1) is 15.5 Å². The van der Waals surface area contributed by atoms with E-state index in [2.05, 4.69) is 18.7 Å². The Balaban J connectivity index is 1.92. The van der Waals surface area contributed by atoms with E-state index in [1.165, 1.54) is 16.4 Å². The van der Waals surface area contributed by atoms with Gasteiger partial charge in [0.25, 0.3) is 5.69 Å². The van der Waals surface area contributed by atoms with Gasteiger partial charge in [-0.1, -0.05) is 13.8 Å². The van der Waals surface area contributed by atoms with Gasteiger partial charge in [-0.15, -0.1) is 0 Å². The van der Waals surface area contributed by atoms with Gasteiger partial charge in [0, 0.05) is 45.3 Å². The molecule has 1 saturated carbocycles. The summed E-state index contributed by atoms with van der Waals surface area (Å²) in [5, 5.41) is 11.6. The van der Waals surface area contributed by atoms with Gasteiger partial charge in [0.1, 0.15) is 5.69 Å². The highest BCUT2D eigenvalue weighted by atomic mass is 32.2. The van der Waals surface area contributed by atoms with Crippen molar-refractivity contribution >= 4 is 21.4 Å². The Labute approximate surface area is 154 Å². The third-order valence-corrected chi connectivity index (χ3v) is 7.45. The lowest BCUT2D eigenvalue weighted by atomic mass is 10.1. The van der Waals surface area contributed by atoms with E-state index in [1.807, 2.05) is 19.0 Å². The molecule has 1 atom stereocenters. The summed E-state index contributed by atoms with van der Waals surface area (Å²) < 4.78 is 27.1. The van der Waals surface area contributed by atoms with E-state index in [0.717, 1.165) is 6.42 Å². The van der Waals surface area contributed by atoms with Crippen molar-refractivity contribution < 1.29 is 13.3 Å². The molecule has 0 aromatic heterocycles. The first-order chi connectivity index (χ1) is 12.0. The quantitative estimate of drug-likeness (QED) is 0.570. The van der Waals surface area contributed by atoms with E-state index < -0.39 is 14.9 Å². The Morgan fingerprint density at radius 3 is 2.31 bits per heavy atom. The first kappa shape index (κ1) is 19.1. The number of nitro groups is 1. The van der Waals surface area contributed by atoms with E-state index in [1.54, 1.807) is 6.07 Å². The number of sulfonamides is 1. The highest BCUT2D eigenvalue weighted by Gasteiger charge is 2.49. The van der Waals surface area contributed by atoms with Crippen LogP contribution in [0.25, 0.3) is 0 Å². The van der Waals surface area contributed by atoms with Crippen molar-refractivity contribution in [2.24, 2.45) is 5.41 Å². The fourth-order valence-corrected chi connectivity index (χ4v) is 5.00. The summed E-state index contributed by atoms with van der Waals surface area (Å²) in [6.45, 7) is 6.32. The average Bonchev–Trinajstić information content (AvgIpc) is 3.22. The number of nitrogens with zero attached hydrogens (tertiary/aromatic N) is 4. The fraction of sp³-hybridized carbons (Fsp3) is 0.647. The summed E-state index contributed by atoms with van der Waals surface area (Å²) >= 11 is 0. The van der Waals surface area contributed by atoms with Gasteiger partial charge < -0.3 is 9.80 Å². The third-order valence-electron chi connectivity index (χ3n) is 5.55. The number of hydrogen-bond donors (Lipinski definition) is 0. The molecule has 0 radical (unpaired) electrons. The number of piperazine rings is 1. The molecule has 1 aromatic rings. The maximum Gasteiger partial charge on any atom is 0.293 e. The summed E-state index contributed by atoms with van der Waals surface area (Å²) in [6, 6.07) is 4.48. The van der Waals surface area contributed by atoms with Crippen LogP contribution in [-0.4, -0.2) is 68.9 Å². The summed E-state index contributed by atoms with van der Waals surface area (Å²) in [4.78, 5) is 15.0. The van der Waals surface area contributed by atoms with Gasteiger partial charge in [0.15, 0.2) is 0 Å². The minimum Gasteiger partial charge on any atom is -0.366 e. The Morgan fingerprint density at radius 2 is 1.81 bits per heavy atom. The Bertz CT molecular complexity index is 816. The van der Waals surface area contributed by atoms with Crippen LogP contribution < -0.4 is 4.90 Å². The third kappa shape index (κ3) is 3.43. The molecule has 0 amide bonds. The fourth-order valence-electron chi connectivity index (χ4n) is 3.55. The number of likely N-dealkylation sites (N-methyl/N-ethyl adjacent to an activating group) is 1. The predicted molar refractivity (Wildman–Crippen MR) is 99.9 cm³/mol. The van der Waals surface area contributed by atoms with Crippen molar-refractivity contribution in [1.29, 1.82) is 0 Å². The molecular weight excluding hydrogens is 356 g/mol. The summed E-state index contributed by atoms with van der Waals surface area (Å²) in [7, 11) is 0.0453. The molecule has 0 bridgehead atoms. The number of anilines is 1. The van der Waals surface area contributed by atoms with Crippen LogP contribution in [-0.2, 0) is 10.0 Å². The second-order valence-electron chi connectivity index (χ2n) is 7.93. The molecule has 0 unspecified atom stereocenters. The molecule has 9 heteroatoms. The van der Waals surface area contributed by atoms with Gasteiger partial charge in [-0.2, -0.15) is 4.31 Å².